The standard InChI is InChI=1S/C12H23NO2S/c1-6-7-8-11(9-10(2)14)13-16(15)12(3,4)5/h9,14H,6-8H2,1-5H3/b10-9-,13-11-. The van der Waals surface area contributed by atoms with E-state index in [1.165, 1.54) is 0 Å². The molecular weight excluding hydrogens is 222 g/mol. The predicted molar refractivity (Wildman–Crippen MR) is 71.2 cm³/mol. The van der Waals surface area contributed by atoms with Crippen molar-refractivity contribution in [1.29, 1.82) is 0 Å². The third-order valence-corrected chi connectivity index (χ3v) is 3.33. The number of allylic oxidation sites excluding steroid dienone is 2. The molecule has 0 heterocycles. The average Bonchev–Trinajstić information content (AvgIpc) is 2.11. The van der Waals surface area contributed by atoms with Gasteiger partial charge in [0.25, 0.3) is 0 Å². The lowest BCUT2D eigenvalue weighted by molar-refractivity contribution is 0.415. The Balaban J connectivity index is 4.74. The number of hydrogen-bond acceptors (Lipinski definition) is 3. The molecule has 0 bridgehead atoms. The van der Waals surface area contributed by atoms with Crippen molar-refractivity contribution in [3.05, 3.63) is 11.8 Å². The molecule has 1 unspecified atom stereocenters. The maximum Gasteiger partial charge on any atom is 0.144 e. The monoisotopic (exact) mass is 245 g/mol. The summed E-state index contributed by atoms with van der Waals surface area (Å²) in [7, 11) is 0. The Labute approximate surface area is 102 Å². The van der Waals surface area contributed by atoms with Crippen LogP contribution in [0.3, 0.4) is 0 Å². The normalized spacial score (nSPS) is 16.4. The average molecular weight is 245 g/mol. The van der Waals surface area contributed by atoms with E-state index in [2.05, 4.69) is 11.3 Å². The molecule has 0 rings (SSSR count). The van der Waals surface area contributed by atoms with Gasteiger partial charge in [0.1, 0.15) is 16.1 Å². The molecule has 4 heteroatoms. The highest BCUT2D eigenvalue weighted by molar-refractivity contribution is 7.91. The van der Waals surface area contributed by atoms with Gasteiger partial charge in [0.05, 0.1) is 11.5 Å². The Hall–Kier alpha value is -0.480. The molecule has 0 aliphatic rings. The fourth-order valence-corrected chi connectivity index (χ4v) is 1.62. The van der Waals surface area contributed by atoms with E-state index in [1.54, 1.807) is 13.0 Å². The molecule has 0 amide bonds. The minimum absolute atomic E-state index is 0.209. The van der Waals surface area contributed by atoms with Crippen molar-refractivity contribution < 1.29 is 9.66 Å². The largest absolute Gasteiger partial charge is 0.591 e. The Kier molecular flexibility index (Phi) is 6.76. The molecule has 0 aromatic carbocycles. The summed E-state index contributed by atoms with van der Waals surface area (Å²) in [6.45, 7) is 9.36. The molecule has 0 saturated heterocycles. The van der Waals surface area contributed by atoms with E-state index >= 15 is 0 Å². The zero-order valence-electron chi connectivity index (χ0n) is 10.9. The van der Waals surface area contributed by atoms with Crippen molar-refractivity contribution in [3.8, 4) is 0 Å². The molecule has 0 saturated carbocycles. The summed E-state index contributed by atoms with van der Waals surface area (Å²) in [5.41, 5.74) is 0.718. The maximum absolute atomic E-state index is 11.8. The van der Waals surface area contributed by atoms with Crippen molar-refractivity contribution >= 4 is 17.1 Å². The maximum atomic E-state index is 11.8. The van der Waals surface area contributed by atoms with Crippen molar-refractivity contribution in [2.45, 2.75) is 58.6 Å². The first-order chi connectivity index (χ1) is 7.27. The van der Waals surface area contributed by atoms with Crippen LogP contribution >= 0.6 is 0 Å². The van der Waals surface area contributed by atoms with Gasteiger partial charge in [-0.2, -0.15) is 0 Å². The molecule has 0 aromatic rings. The second kappa shape index (κ2) is 6.97. The second-order valence-corrected chi connectivity index (χ2v) is 6.74. The first kappa shape index (κ1) is 15.5. The molecule has 94 valence electrons. The van der Waals surface area contributed by atoms with Crippen molar-refractivity contribution in [3.63, 3.8) is 0 Å². The molecule has 0 aromatic heterocycles. The van der Waals surface area contributed by atoms with Crippen molar-refractivity contribution in [1.82, 2.24) is 0 Å². The minimum Gasteiger partial charge on any atom is -0.591 e. The number of unbranched alkanes of at least 4 members (excludes halogenated alkanes) is 1. The van der Waals surface area contributed by atoms with Gasteiger partial charge >= 0.3 is 0 Å². The molecular formula is C12H23NO2S. The van der Waals surface area contributed by atoms with Crippen LogP contribution in [0.25, 0.3) is 0 Å². The molecule has 16 heavy (non-hydrogen) atoms. The number of nitrogens with zero attached hydrogens (tertiary/aromatic N) is 1. The molecule has 0 aliphatic carbocycles. The van der Waals surface area contributed by atoms with E-state index < -0.39 is 11.4 Å². The van der Waals surface area contributed by atoms with E-state index in [0.29, 0.717) is 0 Å². The van der Waals surface area contributed by atoms with Crippen LogP contribution in [0.2, 0.25) is 0 Å². The van der Waals surface area contributed by atoms with E-state index in [0.717, 1.165) is 25.0 Å². The highest BCUT2D eigenvalue weighted by atomic mass is 32.2. The summed E-state index contributed by atoms with van der Waals surface area (Å²) in [5, 5.41) is 9.22. The van der Waals surface area contributed by atoms with Crippen molar-refractivity contribution in [2.75, 3.05) is 0 Å². The van der Waals surface area contributed by atoms with Crippen LogP contribution in [0.5, 0.6) is 0 Å². The summed E-state index contributed by atoms with van der Waals surface area (Å²) in [5.74, 6) is 0.209. The minimum atomic E-state index is -1.26. The Bertz CT molecular complexity index is 263. The van der Waals surface area contributed by atoms with Gasteiger partial charge in [0.2, 0.25) is 0 Å². The first-order valence-corrected chi connectivity index (χ1v) is 6.75. The smallest absolute Gasteiger partial charge is 0.144 e. The zero-order chi connectivity index (χ0) is 12.8. The van der Waals surface area contributed by atoms with Gasteiger partial charge in [0, 0.05) is 6.08 Å². The van der Waals surface area contributed by atoms with Crippen LogP contribution in [-0.4, -0.2) is 20.1 Å². The summed E-state index contributed by atoms with van der Waals surface area (Å²) >= 11 is -1.26. The van der Waals surface area contributed by atoms with Crippen LogP contribution in [0.4, 0.5) is 0 Å². The van der Waals surface area contributed by atoms with E-state index in [9.17, 15) is 9.66 Å². The molecule has 0 radical (unpaired) electrons. The van der Waals surface area contributed by atoms with Gasteiger partial charge in [-0.3, -0.25) is 0 Å². The topological polar surface area (TPSA) is 55.7 Å². The molecule has 1 N–H and O–H groups in total. The molecule has 3 nitrogen and oxygen atoms in total. The Morgan fingerprint density at radius 1 is 1.44 bits per heavy atom. The first-order valence-electron chi connectivity index (χ1n) is 5.64. The fraction of sp³-hybridized carbons (Fsp3) is 0.750. The molecule has 0 spiro atoms. The van der Waals surface area contributed by atoms with Gasteiger partial charge in [-0.05, 0) is 40.5 Å². The highest BCUT2D eigenvalue weighted by Crippen LogP contribution is 2.18. The summed E-state index contributed by atoms with van der Waals surface area (Å²) in [6, 6.07) is 0. The van der Waals surface area contributed by atoms with E-state index in [1.807, 2.05) is 20.8 Å². The highest BCUT2D eigenvalue weighted by Gasteiger charge is 2.26. The lowest BCUT2D eigenvalue weighted by Crippen LogP contribution is -2.26. The second-order valence-electron chi connectivity index (χ2n) is 4.83. The zero-order valence-corrected chi connectivity index (χ0v) is 11.7. The number of rotatable bonds is 5. The fourth-order valence-electron chi connectivity index (χ4n) is 0.987. The lowest BCUT2D eigenvalue weighted by atomic mass is 10.1. The Morgan fingerprint density at radius 2 is 2.00 bits per heavy atom. The van der Waals surface area contributed by atoms with Gasteiger partial charge < -0.3 is 9.66 Å². The summed E-state index contributed by atoms with van der Waals surface area (Å²) in [6.07, 6.45) is 4.40. The number of aliphatic hydroxyl groups excluding tert-OH is 1. The van der Waals surface area contributed by atoms with Gasteiger partial charge in [0.15, 0.2) is 0 Å². The quantitative estimate of drug-likeness (QED) is 0.457. The molecule has 1 atom stereocenters. The number of aliphatic hydroxyl groups is 1. The third kappa shape index (κ3) is 6.90. The van der Waals surface area contributed by atoms with Crippen LogP contribution in [0.1, 0.15) is 53.9 Å². The third-order valence-electron chi connectivity index (χ3n) is 1.89. The summed E-state index contributed by atoms with van der Waals surface area (Å²) in [4.78, 5) is 0. The van der Waals surface area contributed by atoms with Gasteiger partial charge in [-0.25, -0.2) is 0 Å². The SMILES string of the molecule is CCCCC(/C=C(/C)O)=N/[S+]([O-])C(C)(C)C. The van der Waals surface area contributed by atoms with Crippen LogP contribution in [0.15, 0.2) is 16.2 Å². The predicted octanol–water partition coefficient (Wildman–Crippen LogP) is 3.54. The van der Waals surface area contributed by atoms with Crippen LogP contribution < -0.4 is 0 Å². The lowest BCUT2D eigenvalue weighted by Gasteiger charge is -2.18. The van der Waals surface area contributed by atoms with Gasteiger partial charge in [-0.15, -0.1) is 0 Å². The summed E-state index contributed by atoms with van der Waals surface area (Å²) < 4.78 is 15.7. The van der Waals surface area contributed by atoms with Crippen LogP contribution in [0, 0.1) is 0 Å². The van der Waals surface area contributed by atoms with Crippen LogP contribution in [-0.2, 0) is 11.4 Å². The Morgan fingerprint density at radius 3 is 2.38 bits per heavy atom. The number of hydrogen-bond donors (Lipinski definition) is 1. The van der Waals surface area contributed by atoms with Crippen molar-refractivity contribution in [2.24, 2.45) is 4.40 Å². The molecule has 0 fully saturated rings. The van der Waals surface area contributed by atoms with Gasteiger partial charge in [-0.1, -0.05) is 17.7 Å². The van der Waals surface area contributed by atoms with E-state index in [4.69, 9.17) is 0 Å². The molecule has 0 aliphatic heterocycles. The van der Waals surface area contributed by atoms with E-state index in [-0.39, 0.29) is 10.5 Å².